The molecule has 0 aliphatic rings. The Hall–Kier alpha value is -1.15. The highest BCUT2D eigenvalue weighted by Crippen LogP contribution is 2.36. The van der Waals surface area contributed by atoms with Gasteiger partial charge in [-0.2, -0.15) is 13.2 Å². The molecule has 0 saturated carbocycles. The van der Waals surface area contributed by atoms with Crippen LogP contribution in [-0.4, -0.2) is 25.3 Å². The highest BCUT2D eigenvalue weighted by molar-refractivity contribution is 8.18. The van der Waals surface area contributed by atoms with Gasteiger partial charge in [0.05, 0.1) is 0 Å². The largest absolute Gasteiger partial charge is 0.507 e. The first-order valence-corrected chi connectivity index (χ1v) is 7.26. The number of phenols is 1. The molecule has 0 unspecified atom stereocenters. The Balaban J connectivity index is 3.33. The summed E-state index contributed by atoms with van der Waals surface area (Å²) in [6, 6.07) is 5.52. The predicted octanol–water partition coefficient (Wildman–Crippen LogP) is 2.99. The molecule has 0 saturated heterocycles. The summed E-state index contributed by atoms with van der Waals surface area (Å²) in [5, 5.41) is 9.39. The van der Waals surface area contributed by atoms with E-state index < -0.39 is 19.6 Å². The third-order valence-electron chi connectivity index (χ3n) is 1.98. The number of rotatable bonds is 3. The molecule has 8 heteroatoms. The number of para-hydroxylation sites is 1. The van der Waals surface area contributed by atoms with E-state index in [2.05, 4.69) is 0 Å². The smallest absolute Gasteiger partial charge is 0.502 e. The standard InChI is InChI=1S/C10H9F3O3S2/c1-17-9(18(15,16)10(11,12)13)6-7-4-2-3-5-8(7)14/h2-6,14H,1H3/b9-6+. The van der Waals surface area contributed by atoms with Crippen molar-refractivity contribution in [2.45, 2.75) is 5.51 Å². The molecule has 3 nitrogen and oxygen atoms in total. The van der Waals surface area contributed by atoms with E-state index in [1.165, 1.54) is 30.5 Å². The maximum absolute atomic E-state index is 12.4. The molecule has 100 valence electrons. The molecule has 1 aromatic carbocycles. The topological polar surface area (TPSA) is 54.4 Å². The average molecular weight is 298 g/mol. The van der Waals surface area contributed by atoms with Gasteiger partial charge in [0.1, 0.15) is 9.99 Å². The molecule has 0 fully saturated rings. The molecule has 1 rings (SSSR count). The quantitative estimate of drug-likeness (QED) is 0.932. The van der Waals surface area contributed by atoms with Crippen molar-refractivity contribution in [3.8, 4) is 5.75 Å². The van der Waals surface area contributed by atoms with Crippen LogP contribution in [0.3, 0.4) is 0 Å². The molecular formula is C10H9F3O3S2. The lowest BCUT2D eigenvalue weighted by Gasteiger charge is -2.10. The Morgan fingerprint density at radius 1 is 1.33 bits per heavy atom. The first kappa shape index (κ1) is 14.9. The van der Waals surface area contributed by atoms with Crippen molar-refractivity contribution in [2.75, 3.05) is 6.26 Å². The van der Waals surface area contributed by atoms with E-state index in [-0.39, 0.29) is 11.3 Å². The van der Waals surface area contributed by atoms with E-state index in [1.54, 1.807) is 0 Å². The van der Waals surface area contributed by atoms with Gasteiger partial charge in [0, 0.05) is 5.56 Å². The van der Waals surface area contributed by atoms with Gasteiger partial charge in [-0.05, 0) is 18.4 Å². The average Bonchev–Trinajstić information content (AvgIpc) is 2.26. The summed E-state index contributed by atoms with van der Waals surface area (Å²) in [7, 11) is -5.39. The first-order chi connectivity index (χ1) is 8.20. The number of aromatic hydroxyl groups is 1. The Bertz CT molecular complexity index is 562. The number of alkyl halides is 3. The molecule has 0 spiro atoms. The highest BCUT2D eigenvalue weighted by Gasteiger charge is 2.48. The third-order valence-corrected chi connectivity index (χ3v) is 4.92. The number of halogens is 3. The second-order valence-corrected chi connectivity index (χ2v) is 6.19. The van der Waals surface area contributed by atoms with Gasteiger partial charge in [-0.3, -0.25) is 0 Å². The summed E-state index contributed by atoms with van der Waals surface area (Å²) in [5.74, 6) is -0.290. The normalized spacial score (nSPS) is 13.7. The number of phenolic OH excluding ortho intramolecular Hbond substituents is 1. The Morgan fingerprint density at radius 3 is 2.33 bits per heavy atom. The maximum Gasteiger partial charge on any atom is 0.502 e. The molecule has 0 aromatic heterocycles. The predicted molar refractivity (Wildman–Crippen MR) is 64.6 cm³/mol. The van der Waals surface area contributed by atoms with Crippen molar-refractivity contribution in [1.82, 2.24) is 0 Å². The second kappa shape index (κ2) is 5.23. The molecule has 0 heterocycles. The molecule has 0 radical (unpaired) electrons. The Labute approximate surface area is 106 Å². The van der Waals surface area contributed by atoms with Crippen molar-refractivity contribution in [1.29, 1.82) is 0 Å². The number of sulfone groups is 1. The lowest BCUT2D eigenvalue weighted by molar-refractivity contribution is -0.0424. The van der Waals surface area contributed by atoms with Gasteiger partial charge in [0.15, 0.2) is 0 Å². The summed E-state index contributed by atoms with van der Waals surface area (Å²) in [6.45, 7) is 0. The highest BCUT2D eigenvalue weighted by atomic mass is 32.3. The first-order valence-electron chi connectivity index (χ1n) is 4.55. The minimum atomic E-state index is -5.39. The van der Waals surface area contributed by atoms with Crippen molar-refractivity contribution < 1.29 is 26.7 Å². The summed E-state index contributed by atoms with van der Waals surface area (Å²) in [5.41, 5.74) is -5.35. The number of hydrogen-bond acceptors (Lipinski definition) is 4. The van der Waals surface area contributed by atoms with Crippen molar-refractivity contribution in [2.24, 2.45) is 0 Å². The molecule has 18 heavy (non-hydrogen) atoms. The zero-order valence-electron chi connectivity index (χ0n) is 9.10. The minimum absolute atomic E-state index is 0.00896. The Kier molecular flexibility index (Phi) is 4.33. The fraction of sp³-hybridized carbons (Fsp3) is 0.200. The molecule has 0 amide bonds. The second-order valence-electron chi connectivity index (χ2n) is 3.18. The Morgan fingerprint density at radius 2 is 1.89 bits per heavy atom. The monoisotopic (exact) mass is 298 g/mol. The van der Waals surface area contributed by atoms with Crippen molar-refractivity contribution in [3.05, 3.63) is 34.1 Å². The van der Waals surface area contributed by atoms with Gasteiger partial charge in [0.2, 0.25) is 0 Å². The number of benzene rings is 1. The van der Waals surface area contributed by atoms with Gasteiger partial charge in [-0.25, -0.2) is 8.42 Å². The van der Waals surface area contributed by atoms with E-state index >= 15 is 0 Å². The molecule has 0 aliphatic heterocycles. The SMILES string of the molecule is CS/C(=C\c1ccccc1O)S(=O)(=O)C(F)(F)F. The summed E-state index contributed by atoms with van der Waals surface area (Å²) >= 11 is 0.449. The van der Waals surface area contributed by atoms with E-state index in [0.717, 1.165) is 6.08 Å². The van der Waals surface area contributed by atoms with Crippen LogP contribution in [0.1, 0.15) is 5.56 Å². The lowest BCUT2D eigenvalue weighted by atomic mass is 10.2. The molecule has 0 bridgehead atoms. The molecule has 1 aromatic rings. The van der Waals surface area contributed by atoms with Crippen LogP contribution in [0.4, 0.5) is 13.2 Å². The minimum Gasteiger partial charge on any atom is -0.507 e. The lowest BCUT2D eigenvalue weighted by Crippen LogP contribution is -2.23. The van der Waals surface area contributed by atoms with E-state index in [0.29, 0.717) is 11.8 Å². The van der Waals surface area contributed by atoms with Gasteiger partial charge in [0.25, 0.3) is 9.84 Å². The summed E-state index contributed by atoms with van der Waals surface area (Å²) < 4.78 is 58.6. The van der Waals surface area contributed by atoms with Crippen LogP contribution >= 0.6 is 11.8 Å². The number of hydrogen-bond donors (Lipinski definition) is 1. The van der Waals surface area contributed by atoms with Crippen LogP contribution in [0.15, 0.2) is 28.5 Å². The fourth-order valence-electron chi connectivity index (χ4n) is 1.10. The van der Waals surface area contributed by atoms with Gasteiger partial charge < -0.3 is 5.11 Å². The van der Waals surface area contributed by atoms with Crippen LogP contribution in [-0.2, 0) is 9.84 Å². The van der Waals surface area contributed by atoms with Crippen LogP contribution in [0, 0.1) is 0 Å². The summed E-state index contributed by atoms with van der Waals surface area (Å²) in [4.78, 5) is 0. The summed E-state index contributed by atoms with van der Waals surface area (Å²) in [6.07, 6.45) is 2.01. The molecule has 1 N–H and O–H groups in total. The molecule has 0 aliphatic carbocycles. The molecule has 0 atom stereocenters. The third kappa shape index (κ3) is 2.99. The van der Waals surface area contributed by atoms with Gasteiger partial charge in [-0.1, -0.05) is 18.2 Å². The molecular weight excluding hydrogens is 289 g/mol. The van der Waals surface area contributed by atoms with Gasteiger partial charge >= 0.3 is 5.51 Å². The van der Waals surface area contributed by atoms with E-state index in [9.17, 15) is 26.7 Å². The number of thioether (sulfide) groups is 1. The van der Waals surface area contributed by atoms with Crippen molar-refractivity contribution >= 4 is 27.7 Å². The van der Waals surface area contributed by atoms with Crippen LogP contribution in [0.2, 0.25) is 0 Å². The van der Waals surface area contributed by atoms with E-state index in [4.69, 9.17) is 0 Å². The van der Waals surface area contributed by atoms with E-state index in [1.807, 2.05) is 0 Å². The van der Waals surface area contributed by atoms with Crippen molar-refractivity contribution in [3.63, 3.8) is 0 Å². The zero-order chi connectivity index (χ0) is 14.0. The van der Waals surface area contributed by atoms with Crippen LogP contribution in [0.25, 0.3) is 6.08 Å². The fourth-order valence-corrected chi connectivity index (χ4v) is 3.01. The van der Waals surface area contributed by atoms with Gasteiger partial charge in [-0.15, -0.1) is 11.8 Å². The van der Waals surface area contributed by atoms with Crippen LogP contribution < -0.4 is 0 Å². The maximum atomic E-state index is 12.4. The zero-order valence-corrected chi connectivity index (χ0v) is 10.7. The van der Waals surface area contributed by atoms with Crippen LogP contribution in [0.5, 0.6) is 5.75 Å².